The van der Waals surface area contributed by atoms with Crippen LogP contribution in [0.4, 0.5) is 5.69 Å². The van der Waals surface area contributed by atoms with Crippen LogP contribution in [0.15, 0.2) is 65.7 Å². The van der Waals surface area contributed by atoms with Crippen LogP contribution in [0.1, 0.15) is 11.1 Å². The van der Waals surface area contributed by atoms with E-state index < -0.39 is 0 Å². The first-order chi connectivity index (χ1) is 14.4. The fraction of sp³-hybridized carbons (Fsp3) is 0.174. The van der Waals surface area contributed by atoms with Crippen molar-refractivity contribution in [3.63, 3.8) is 0 Å². The van der Waals surface area contributed by atoms with Gasteiger partial charge in [0.05, 0.1) is 12.8 Å². The molecule has 0 aliphatic carbocycles. The van der Waals surface area contributed by atoms with Gasteiger partial charge in [-0.2, -0.15) is 5.10 Å². The first-order valence-corrected chi connectivity index (χ1v) is 9.55. The molecule has 2 heterocycles. The molecule has 4 rings (SSSR count). The second-order valence-electron chi connectivity index (χ2n) is 7.17. The van der Waals surface area contributed by atoms with Crippen LogP contribution in [-0.4, -0.2) is 27.2 Å². The van der Waals surface area contributed by atoms with Crippen LogP contribution in [0.3, 0.4) is 0 Å². The Morgan fingerprint density at radius 1 is 1.03 bits per heavy atom. The quantitative estimate of drug-likeness (QED) is 0.555. The molecule has 7 nitrogen and oxygen atoms in total. The van der Waals surface area contributed by atoms with Crippen molar-refractivity contribution in [3.8, 4) is 17.0 Å². The number of anilines is 1. The summed E-state index contributed by atoms with van der Waals surface area (Å²) in [5.74, 6) is 0.485. The van der Waals surface area contributed by atoms with Gasteiger partial charge in [-0.1, -0.05) is 6.07 Å². The van der Waals surface area contributed by atoms with Crippen LogP contribution in [0.2, 0.25) is 0 Å². The summed E-state index contributed by atoms with van der Waals surface area (Å²) in [4.78, 5) is 25.3. The number of methoxy groups -OCH3 is 1. The molecule has 0 fully saturated rings. The second-order valence-corrected chi connectivity index (χ2v) is 7.17. The molecule has 0 spiro atoms. The number of aromatic nitrogens is 3. The van der Waals surface area contributed by atoms with Gasteiger partial charge in [-0.3, -0.25) is 9.59 Å². The Morgan fingerprint density at radius 2 is 1.80 bits per heavy atom. The van der Waals surface area contributed by atoms with E-state index in [1.54, 1.807) is 25.6 Å². The van der Waals surface area contributed by atoms with Crippen molar-refractivity contribution in [3.05, 3.63) is 82.4 Å². The number of nitrogens with one attached hydrogen (secondary N) is 1. The highest BCUT2D eigenvalue weighted by atomic mass is 16.5. The van der Waals surface area contributed by atoms with E-state index in [-0.39, 0.29) is 18.0 Å². The van der Waals surface area contributed by atoms with Gasteiger partial charge in [0.2, 0.25) is 5.91 Å². The van der Waals surface area contributed by atoms with Gasteiger partial charge in [0.1, 0.15) is 17.8 Å². The highest BCUT2D eigenvalue weighted by Crippen LogP contribution is 2.21. The van der Waals surface area contributed by atoms with Gasteiger partial charge in [0, 0.05) is 23.6 Å². The number of hydrogen-bond donors (Lipinski definition) is 1. The molecule has 1 amide bonds. The van der Waals surface area contributed by atoms with Crippen LogP contribution in [-0.2, 0) is 11.3 Å². The highest BCUT2D eigenvalue weighted by molar-refractivity contribution is 5.90. The third-order valence-electron chi connectivity index (χ3n) is 5.09. The van der Waals surface area contributed by atoms with Gasteiger partial charge in [-0.05, 0) is 67.4 Å². The molecule has 30 heavy (non-hydrogen) atoms. The monoisotopic (exact) mass is 402 g/mol. The minimum atomic E-state index is -0.278. The molecule has 0 aliphatic heterocycles. The lowest BCUT2D eigenvalue weighted by molar-refractivity contribution is -0.116. The van der Waals surface area contributed by atoms with E-state index in [1.807, 2.05) is 56.3 Å². The zero-order valence-electron chi connectivity index (χ0n) is 17.0. The maximum absolute atomic E-state index is 12.9. The van der Waals surface area contributed by atoms with E-state index >= 15 is 0 Å². The van der Waals surface area contributed by atoms with Crippen molar-refractivity contribution >= 4 is 17.1 Å². The molecule has 2 aromatic carbocycles. The molecule has 0 saturated carbocycles. The summed E-state index contributed by atoms with van der Waals surface area (Å²) < 4.78 is 8.08. The van der Waals surface area contributed by atoms with Crippen LogP contribution >= 0.6 is 0 Å². The second kappa shape index (κ2) is 7.87. The van der Waals surface area contributed by atoms with Crippen molar-refractivity contribution in [1.82, 2.24) is 14.2 Å². The third kappa shape index (κ3) is 3.82. The van der Waals surface area contributed by atoms with E-state index in [1.165, 1.54) is 9.08 Å². The predicted octanol–water partition coefficient (Wildman–Crippen LogP) is 3.43. The third-order valence-corrected chi connectivity index (χ3v) is 5.09. The SMILES string of the molecule is COc1ccc(-c2cc3c(=O)n(CC(=O)Nc4ccc(C)c(C)c4)ccn3n2)cc1. The van der Waals surface area contributed by atoms with E-state index in [2.05, 4.69) is 10.4 Å². The van der Waals surface area contributed by atoms with E-state index in [4.69, 9.17) is 4.74 Å². The first kappa shape index (κ1) is 19.4. The summed E-state index contributed by atoms with van der Waals surface area (Å²) in [6.07, 6.45) is 3.24. The molecule has 4 aromatic rings. The Kier molecular flexibility index (Phi) is 5.10. The van der Waals surface area contributed by atoms with Crippen LogP contribution < -0.4 is 15.6 Å². The zero-order valence-corrected chi connectivity index (χ0v) is 17.0. The largest absolute Gasteiger partial charge is 0.497 e. The number of hydrogen-bond acceptors (Lipinski definition) is 4. The normalized spacial score (nSPS) is 10.9. The summed E-state index contributed by atoms with van der Waals surface area (Å²) in [6.45, 7) is 3.93. The smallest absolute Gasteiger partial charge is 0.277 e. The van der Waals surface area contributed by atoms with Gasteiger partial charge in [-0.15, -0.1) is 0 Å². The number of carbonyl (C=O) groups is 1. The Hall–Kier alpha value is -3.87. The molecule has 0 bridgehead atoms. The lowest BCUT2D eigenvalue weighted by Crippen LogP contribution is -2.28. The van der Waals surface area contributed by atoms with Gasteiger partial charge in [0.15, 0.2) is 0 Å². The van der Waals surface area contributed by atoms with Crippen LogP contribution in [0, 0.1) is 13.8 Å². The predicted molar refractivity (Wildman–Crippen MR) is 116 cm³/mol. The minimum Gasteiger partial charge on any atom is -0.497 e. The first-order valence-electron chi connectivity index (χ1n) is 9.55. The molecule has 0 saturated heterocycles. The molecule has 1 N–H and O–H groups in total. The molecule has 0 unspecified atom stereocenters. The maximum atomic E-state index is 12.9. The van der Waals surface area contributed by atoms with Crippen molar-refractivity contribution in [2.75, 3.05) is 12.4 Å². The minimum absolute atomic E-state index is 0.0781. The molecular formula is C23H22N4O3. The Morgan fingerprint density at radius 3 is 2.50 bits per heavy atom. The summed E-state index contributed by atoms with van der Waals surface area (Å²) >= 11 is 0. The number of rotatable bonds is 5. The molecule has 7 heteroatoms. The van der Waals surface area contributed by atoms with E-state index in [9.17, 15) is 9.59 Å². The number of nitrogens with zero attached hydrogens (tertiary/aromatic N) is 3. The number of amides is 1. The average molecular weight is 402 g/mol. The Balaban J connectivity index is 1.57. The number of ether oxygens (including phenoxy) is 1. The summed E-state index contributed by atoms with van der Waals surface area (Å²) in [5, 5.41) is 7.31. The van der Waals surface area contributed by atoms with Crippen molar-refractivity contribution < 1.29 is 9.53 Å². The maximum Gasteiger partial charge on any atom is 0.277 e. The summed E-state index contributed by atoms with van der Waals surface area (Å²) in [7, 11) is 1.61. The van der Waals surface area contributed by atoms with Crippen molar-refractivity contribution in [2.24, 2.45) is 0 Å². The summed E-state index contributed by atoms with van der Waals surface area (Å²) in [5.41, 5.74) is 4.63. The standard InChI is InChI=1S/C23H22N4O3/c1-15-4-7-18(12-16(15)2)24-22(28)14-26-10-11-27-21(23(26)29)13-20(25-27)17-5-8-19(30-3)9-6-17/h4-13H,14H2,1-3H3,(H,24,28). The summed E-state index contributed by atoms with van der Waals surface area (Å²) in [6, 6.07) is 14.9. The topological polar surface area (TPSA) is 77.6 Å². The lowest BCUT2D eigenvalue weighted by Gasteiger charge is -2.09. The average Bonchev–Trinajstić information content (AvgIpc) is 3.18. The molecule has 0 atom stereocenters. The number of carbonyl (C=O) groups excluding carboxylic acids is 1. The molecule has 2 aromatic heterocycles. The number of fused-ring (bicyclic) bond motifs is 1. The fourth-order valence-electron chi connectivity index (χ4n) is 3.23. The van der Waals surface area contributed by atoms with E-state index in [0.717, 1.165) is 22.4 Å². The van der Waals surface area contributed by atoms with E-state index in [0.29, 0.717) is 16.9 Å². The van der Waals surface area contributed by atoms with Crippen molar-refractivity contribution in [1.29, 1.82) is 0 Å². The van der Waals surface area contributed by atoms with Crippen molar-refractivity contribution in [2.45, 2.75) is 20.4 Å². The highest BCUT2D eigenvalue weighted by Gasteiger charge is 2.12. The van der Waals surface area contributed by atoms with Gasteiger partial charge >= 0.3 is 0 Å². The van der Waals surface area contributed by atoms with Gasteiger partial charge in [-0.25, -0.2) is 4.52 Å². The molecular weight excluding hydrogens is 380 g/mol. The Labute approximate surface area is 173 Å². The Bertz CT molecular complexity index is 1290. The molecule has 0 radical (unpaired) electrons. The number of aryl methyl sites for hydroxylation is 2. The number of benzene rings is 2. The fourth-order valence-corrected chi connectivity index (χ4v) is 3.23. The lowest BCUT2D eigenvalue weighted by atomic mass is 10.1. The molecule has 152 valence electrons. The van der Waals surface area contributed by atoms with Gasteiger partial charge in [0.25, 0.3) is 5.56 Å². The van der Waals surface area contributed by atoms with Crippen LogP contribution in [0.25, 0.3) is 16.8 Å². The zero-order chi connectivity index (χ0) is 21.3. The van der Waals surface area contributed by atoms with Crippen LogP contribution in [0.5, 0.6) is 5.75 Å². The molecule has 0 aliphatic rings. The van der Waals surface area contributed by atoms with Gasteiger partial charge < -0.3 is 14.6 Å².